The molecule has 0 aromatic carbocycles. The van der Waals surface area contributed by atoms with E-state index >= 15 is 0 Å². The Morgan fingerprint density at radius 2 is 2.00 bits per heavy atom. The molecule has 3 aliphatic heterocycles. The van der Waals surface area contributed by atoms with Crippen LogP contribution in [-0.2, 0) is 11.8 Å². The van der Waals surface area contributed by atoms with Gasteiger partial charge in [0.25, 0.3) is 5.56 Å². The van der Waals surface area contributed by atoms with Crippen molar-refractivity contribution in [2.45, 2.75) is 25.3 Å². The Kier molecular flexibility index (Phi) is 4.64. The van der Waals surface area contributed by atoms with Gasteiger partial charge in [-0.05, 0) is 19.4 Å². The number of carbonyl (C=O) groups excluding carboxylic acids is 1. The molecule has 2 bridgehead atoms. The van der Waals surface area contributed by atoms with E-state index in [0.29, 0.717) is 6.54 Å². The fraction of sp³-hybridized carbons (Fsp3) is 0.600. The lowest BCUT2D eigenvalue weighted by Gasteiger charge is -2.47. The molecule has 8 nitrogen and oxygen atoms in total. The molecule has 0 saturated carbocycles. The van der Waals surface area contributed by atoms with Gasteiger partial charge < -0.3 is 9.80 Å². The monoisotopic (exact) mass is 414 g/mol. The average molecular weight is 415 g/mol. The highest BCUT2D eigenvalue weighted by atomic mass is 32.2. The van der Waals surface area contributed by atoms with Crippen LogP contribution in [0.25, 0.3) is 0 Å². The Morgan fingerprint density at radius 3 is 2.72 bits per heavy atom. The summed E-state index contributed by atoms with van der Waals surface area (Å²) in [5, 5.41) is 4.40. The zero-order valence-electron chi connectivity index (χ0n) is 16.8. The van der Waals surface area contributed by atoms with Gasteiger partial charge >= 0.3 is 0 Å². The van der Waals surface area contributed by atoms with Crippen molar-refractivity contribution in [1.29, 1.82) is 0 Å². The van der Waals surface area contributed by atoms with E-state index in [2.05, 4.69) is 15.0 Å². The molecule has 2 aromatic heterocycles. The van der Waals surface area contributed by atoms with Gasteiger partial charge in [-0.2, -0.15) is 21.8 Å². The summed E-state index contributed by atoms with van der Waals surface area (Å²) in [5.41, 5.74) is 0.909. The number of amides is 1. The predicted molar refractivity (Wildman–Crippen MR) is 112 cm³/mol. The number of aryl methyl sites for hydroxylation is 2. The molecule has 1 amide bonds. The highest BCUT2D eigenvalue weighted by molar-refractivity contribution is 7.99. The van der Waals surface area contributed by atoms with E-state index < -0.39 is 6.04 Å². The maximum absolute atomic E-state index is 13.6. The van der Waals surface area contributed by atoms with Crippen LogP contribution in [0.4, 0.5) is 5.95 Å². The third kappa shape index (κ3) is 3.15. The molecule has 9 heteroatoms. The number of anilines is 1. The second-order valence-electron chi connectivity index (χ2n) is 8.22. The topological polar surface area (TPSA) is 76.3 Å². The minimum atomic E-state index is -0.435. The lowest BCUT2D eigenvalue weighted by Crippen LogP contribution is -2.55. The first-order valence-corrected chi connectivity index (χ1v) is 11.4. The summed E-state index contributed by atoms with van der Waals surface area (Å²) in [6, 6.07) is 4.98. The SMILES string of the molecule is Cc1nc(N2C[C@H]3C[C@@H](C2)[C@H](C(=O)N2CCSCC2)n2c3cccc2=O)n(C)n1. The summed E-state index contributed by atoms with van der Waals surface area (Å²) in [6.45, 7) is 4.91. The van der Waals surface area contributed by atoms with E-state index in [-0.39, 0.29) is 23.3 Å². The highest BCUT2D eigenvalue weighted by Gasteiger charge is 2.45. The minimum absolute atomic E-state index is 0.0649. The molecule has 0 N–H and O–H groups in total. The predicted octanol–water partition coefficient (Wildman–Crippen LogP) is 1.03. The van der Waals surface area contributed by atoms with Gasteiger partial charge in [-0.3, -0.25) is 14.2 Å². The number of nitrogens with zero attached hydrogens (tertiary/aromatic N) is 6. The largest absolute Gasteiger partial charge is 0.340 e. The number of hydrogen-bond donors (Lipinski definition) is 0. The number of hydrogen-bond acceptors (Lipinski definition) is 6. The summed E-state index contributed by atoms with van der Waals surface area (Å²) in [5.74, 6) is 3.90. The quantitative estimate of drug-likeness (QED) is 0.731. The third-order valence-electron chi connectivity index (χ3n) is 6.35. The molecule has 0 unspecified atom stereocenters. The van der Waals surface area contributed by atoms with E-state index in [0.717, 1.165) is 55.0 Å². The number of aromatic nitrogens is 4. The van der Waals surface area contributed by atoms with Gasteiger partial charge in [0, 0.05) is 68.3 Å². The molecule has 3 aliphatic rings. The van der Waals surface area contributed by atoms with Crippen molar-refractivity contribution in [3.63, 3.8) is 0 Å². The lowest BCUT2D eigenvalue weighted by molar-refractivity contribution is -0.137. The molecule has 2 fully saturated rings. The number of carbonyl (C=O) groups is 1. The second kappa shape index (κ2) is 7.19. The number of piperidine rings is 1. The highest BCUT2D eigenvalue weighted by Crippen LogP contribution is 2.42. The fourth-order valence-corrected chi connectivity index (χ4v) is 6.07. The van der Waals surface area contributed by atoms with Crippen molar-refractivity contribution in [3.8, 4) is 0 Å². The third-order valence-corrected chi connectivity index (χ3v) is 7.29. The summed E-state index contributed by atoms with van der Waals surface area (Å²) < 4.78 is 3.61. The molecule has 3 atom stereocenters. The minimum Gasteiger partial charge on any atom is -0.340 e. The van der Waals surface area contributed by atoms with Crippen molar-refractivity contribution in [3.05, 3.63) is 40.1 Å². The first-order chi connectivity index (χ1) is 14.0. The smallest absolute Gasteiger partial charge is 0.251 e. The first-order valence-electron chi connectivity index (χ1n) is 10.2. The van der Waals surface area contributed by atoms with Crippen molar-refractivity contribution in [2.24, 2.45) is 13.0 Å². The standard InChI is InChI=1S/C20H26N6O2S/c1-13-21-20(23(2)22-13)25-11-14-10-15(12-25)18(19(28)24-6-8-29-9-7-24)26-16(14)4-3-5-17(26)27/h3-5,14-15,18H,6-12H2,1-2H3/t14-,15+,18-/m1/s1. The zero-order chi connectivity index (χ0) is 20.1. The van der Waals surface area contributed by atoms with Crippen LogP contribution in [0.3, 0.4) is 0 Å². The van der Waals surface area contributed by atoms with Crippen LogP contribution in [0.1, 0.15) is 29.9 Å². The molecule has 5 rings (SSSR count). The van der Waals surface area contributed by atoms with Gasteiger partial charge in [0.2, 0.25) is 11.9 Å². The molecule has 154 valence electrons. The summed E-state index contributed by atoms with van der Waals surface area (Å²) in [6.07, 6.45) is 0.926. The van der Waals surface area contributed by atoms with Gasteiger partial charge in [-0.15, -0.1) is 0 Å². The van der Waals surface area contributed by atoms with Crippen molar-refractivity contribution in [2.75, 3.05) is 42.6 Å². The molecule has 0 spiro atoms. The fourth-order valence-electron chi connectivity index (χ4n) is 5.16. The Hall–Kier alpha value is -2.29. The molecular weight excluding hydrogens is 388 g/mol. The van der Waals surface area contributed by atoms with Crippen LogP contribution in [0.15, 0.2) is 23.0 Å². The van der Waals surface area contributed by atoms with Crippen LogP contribution < -0.4 is 10.5 Å². The lowest BCUT2D eigenvalue weighted by atomic mass is 9.78. The number of thioether (sulfide) groups is 1. The van der Waals surface area contributed by atoms with Gasteiger partial charge in [0.1, 0.15) is 11.9 Å². The van der Waals surface area contributed by atoms with Crippen LogP contribution in [0, 0.1) is 12.8 Å². The number of rotatable bonds is 2. The maximum Gasteiger partial charge on any atom is 0.251 e. The number of fused-ring (bicyclic) bond motifs is 4. The number of pyridine rings is 1. The Morgan fingerprint density at radius 1 is 1.21 bits per heavy atom. The van der Waals surface area contributed by atoms with Crippen LogP contribution in [0.5, 0.6) is 0 Å². The van der Waals surface area contributed by atoms with Gasteiger partial charge in [-0.1, -0.05) is 6.07 Å². The Balaban J connectivity index is 1.55. The van der Waals surface area contributed by atoms with E-state index in [4.69, 9.17) is 0 Å². The second-order valence-corrected chi connectivity index (χ2v) is 9.45. The average Bonchev–Trinajstić information content (AvgIpc) is 3.07. The molecule has 2 saturated heterocycles. The Labute approximate surface area is 173 Å². The summed E-state index contributed by atoms with van der Waals surface area (Å²) >= 11 is 1.88. The zero-order valence-corrected chi connectivity index (χ0v) is 17.6. The van der Waals surface area contributed by atoms with E-state index in [1.54, 1.807) is 10.6 Å². The molecule has 5 heterocycles. The van der Waals surface area contributed by atoms with Crippen molar-refractivity contribution in [1.82, 2.24) is 24.2 Å². The first kappa shape index (κ1) is 18.7. The summed E-state index contributed by atoms with van der Waals surface area (Å²) in [4.78, 5) is 35.2. The molecule has 0 radical (unpaired) electrons. The molecule has 2 aromatic rings. The molecule has 0 aliphatic carbocycles. The van der Waals surface area contributed by atoms with Crippen LogP contribution in [-0.4, -0.2) is 67.8 Å². The maximum atomic E-state index is 13.6. The van der Waals surface area contributed by atoms with E-state index in [1.807, 2.05) is 47.4 Å². The molecule has 29 heavy (non-hydrogen) atoms. The van der Waals surface area contributed by atoms with Crippen LogP contribution >= 0.6 is 11.8 Å². The van der Waals surface area contributed by atoms with Crippen molar-refractivity contribution < 1.29 is 4.79 Å². The van der Waals surface area contributed by atoms with E-state index in [9.17, 15) is 9.59 Å². The Bertz CT molecular complexity index is 995. The van der Waals surface area contributed by atoms with Crippen molar-refractivity contribution >= 4 is 23.6 Å². The van der Waals surface area contributed by atoms with Gasteiger partial charge in [-0.25, -0.2) is 4.68 Å². The normalized spacial score (nSPS) is 26.3. The summed E-state index contributed by atoms with van der Waals surface area (Å²) in [7, 11) is 1.91. The van der Waals surface area contributed by atoms with Gasteiger partial charge in [0.15, 0.2) is 0 Å². The molecular formula is C20H26N6O2S. The van der Waals surface area contributed by atoms with Crippen LogP contribution in [0.2, 0.25) is 0 Å². The van der Waals surface area contributed by atoms with Gasteiger partial charge in [0.05, 0.1) is 0 Å². The van der Waals surface area contributed by atoms with E-state index in [1.165, 1.54) is 0 Å².